The minimum absolute atomic E-state index is 0.0368. The second-order valence-electron chi connectivity index (χ2n) is 7.97. The minimum atomic E-state index is 0.0368. The summed E-state index contributed by atoms with van der Waals surface area (Å²) in [6.45, 7) is 6.02. The Hall–Kier alpha value is -1.84. The SMILES string of the molecule is CC(C)C(=O)N1CCC(C(=O)NCC2(c3ccccc3)CCC2)CC1. The van der Waals surface area contributed by atoms with E-state index < -0.39 is 0 Å². The van der Waals surface area contributed by atoms with Gasteiger partial charge >= 0.3 is 0 Å². The van der Waals surface area contributed by atoms with Gasteiger partial charge in [-0.15, -0.1) is 0 Å². The van der Waals surface area contributed by atoms with E-state index in [1.165, 1.54) is 12.0 Å². The summed E-state index contributed by atoms with van der Waals surface area (Å²) in [4.78, 5) is 26.6. The van der Waals surface area contributed by atoms with Gasteiger partial charge in [-0.2, -0.15) is 0 Å². The molecule has 1 aliphatic heterocycles. The summed E-state index contributed by atoms with van der Waals surface area (Å²) in [5.41, 5.74) is 1.48. The molecule has 0 atom stereocenters. The molecule has 0 aromatic heterocycles. The molecular formula is C21H30N2O2. The highest BCUT2D eigenvalue weighted by Gasteiger charge is 2.39. The van der Waals surface area contributed by atoms with Crippen LogP contribution in [0.1, 0.15) is 51.5 Å². The average Bonchev–Trinajstić information content (AvgIpc) is 2.61. The number of nitrogens with zero attached hydrogens (tertiary/aromatic N) is 1. The highest BCUT2D eigenvalue weighted by Crippen LogP contribution is 2.43. The van der Waals surface area contributed by atoms with E-state index in [0.717, 1.165) is 32.2 Å². The summed E-state index contributed by atoms with van der Waals surface area (Å²) >= 11 is 0. The summed E-state index contributed by atoms with van der Waals surface area (Å²) in [6.07, 6.45) is 5.10. The van der Waals surface area contributed by atoms with Crippen molar-refractivity contribution in [3.05, 3.63) is 35.9 Å². The number of amides is 2. The molecule has 1 heterocycles. The number of carbonyl (C=O) groups excluding carboxylic acids is 2. The molecule has 4 heteroatoms. The van der Waals surface area contributed by atoms with Gasteiger partial charge in [0.05, 0.1) is 0 Å². The maximum absolute atomic E-state index is 12.6. The number of benzene rings is 1. The highest BCUT2D eigenvalue weighted by molar-refractivity contribution is 5.80. The molecule has 0 radical (unpaired) electrons. The summed E-state index contributed by atoms with van der Waals surface area (Å²) in [5, 5.41) is 3.22. The monoisotopic (exact) mass is 342 g/mol. The molecule has 3 rings (SSSR count). The van der Waals surface area contributed by atoms with E-state index in [4.69, 9.17) is 0 Å². The third-order valence-electron chi connectivity index (χ3n) is 5.97. The zero-order chi connectivity index (χ0) is 17.9. The molecule has 0 spiro atoms. The number of hydrogen-bond acceptors (Lipinski definition) is 2. The number of nitrogens with one attached hydrogen (secondary N) is 1. The lowest BCUT2D eigenvalue weighted by Crippen LogP contribution is -2.49. The molecule has 0 unspecified atom stereocenters. The van der Waals surface area contributed by atoms with Gasteiger partial charge in [0, 0.05) is 36.9 Å². The van der Waals surface area contributed by atoms with Crippen LogP contribution in [-0.4, -0.2) is 36.3 Å². The van der Waals surface area contributed by atoms with Gasteiger partial charge in [-0.3, -0.25) is 9.59 Å². The van der Waals surface area contributed by atoms with E-state index >= 15 is 0 Å². The number of carbonyl (C=O) groups is 2. The van der Waals surface area contributed by atoms with Gasteiger partial charge in [-0.25, -0.2) is 0 Å². The lowest BCUT2D eigenvalue weighted by atomic mass is 9.64. The van der Waals surface area contributed by atoms with Crippen molar-refractivity contribution in [2.45, 2.75) is 51.4 Å². The zero-order valence-electron chi connectivity index (χ0n) is 15.5. The molecule has 1 aromatic carbocycles. The molecule has 25 heavy (non-hydrogen) atoms. The van der Waals surface area contributed by atoms with Crippen LogP contribution in [0.25, 0.3) is 0 Å². The third-order valence-corrected chi connectivity index (χ3v) is 5.97. The normalized spacial score (nSPS) is 20.2. The van der Waals surface area contributed by atoms with Gasteiger partial charge < -0.3 is 10.2 Å². The summed E-state index contributed by atoms with van der Waals surface area (Å²) in [5.74, 6) is 0.453. The van der Waals surface area contributed by atoms with Gasteiger partial charge in [-0.1, -0.05) is 50.6 Å². The number of hydrogen-bond donors (Lipinski definition) is 1. The van der Waals surface area contributed by atoms with E-state index in [1.54, 1.807) is 0 Å². The fourth-order valence-corrected chi connectivity index (χ4v) is 4.09. The van der Waals surface area contributed by atoms with Gasteiger partial charge in [0.25, 0.3) is 0 Å². The minimum Gasteiger partial charge on any atom is -0.355 e. The van der Waals surface area contributed by atoms with Crippen molar-refractivity contribution < 1.29 is 9.59 Å². The Morgan fingerprint density at radius 2 is 1.80 bits per heavy atom. The molecule has 1 N–H and O–H groups in total. The molecule has 2 aliphatic rings. The Kier molecular flexibility index (Phi) is 5.45. The predicted molar refractivity (Wildman–Crippen MR) is 99.1 cm³/mol. The molecule has 1 aliphatic carbocycles. The van der Waals surface area contributed by atoms with E-state index in [2.05, 4.69) is 29.6 Å². The van der Waals surface area contributed by atoms with Crippen molar-refractivity contribution in [3.63, 3.8) is 0 Å². The first-order chi connectivity index (χ1) is 12.0. The molecule has 0 bridgehead atoms. The Balaban J connectivity index is 1.51. The van der Waals surface area contributed by atoms with Crippen LogP contribution in [0.4, 0.5) is 0 Å². The van der Waals surface area contributed by atoms with Crippen molar-refractivity contribution in [1.82, 2.24) is 10.2 Å². The average molecular weight is 342 g/mol. The zero-order valence-corrected chi connectivity index (χ0v) is 15.5. The van der Waals surface area contributed by atoms with Crippen molar-refractivity contribution in [2.24, 2.45) is 11.8 Å². The topological polar surface area (TPSA) is 49.4 Å². The van der Waals surface area contributed by atoms with Crippen LogP contribution in [0.2, 0.25) is 0 Å². The van der Waals surface area contributed by atoms with Crippen molar-refractivity contribution >= 4 is 11.8 Å². The molecule has 1 saturated carbocycles. The number of piperidine rings is 1. The number of likely N-dealkylation sites (tertiary alicyclic amines) is 1. The molecule has 2 amide bonds. The van der Waals surface area contributed by atoms with E-state index in [-0.39, 0.29) is 29.1 Å². The smallest absolute Gasteiger partial charge is 0.225 e. The molecule has 4 nitrogen and oxygen atoms in total. The van der Waals surface area contributed by atoms with Crippen molar-refractivity contribution in [1.29, 1.82) is 0 Å². The lowest BCUT2D eigenvalue weighted by molar-refractivity contribution is -0.138. The fraction of sp³-hybridized carbons (Fsp3) is 0.619. The van der Waals surface area contributed by atoms with Gasteiger partial charge in [0.15, 0.2) is 0 Å². The van der Waals surface area contributed by atoms with E-state index in [9.17, 15) is 9.59 Å². The van der Waals surface area contributed by atoms with Crippen LogP contribution in [0.3, 0.4) is 0 Å². The fourth-order valence-electron chi connectivity index (χ4n) is 4.09. The van der Waals surface area contributed by atoms with Crippen molar-refractivity contribution in [2.75, 3.05) is 19.6 Å². The Bertz CT molecular complexity index is 600. The van der Waals surface area contributed by atoms with E-state index in [1.807, 2.05) is 24.8 Å². The molecule has 1 saturated heterocycles. The maximum Gasteiger partial charge on any atom is 0.225 e. The summed E-state index contributed by atoms with van der Waals surface area (Å²) < 4.78 is 0. The van der Waals surface area contributed by atoms with Gasteiger partial charge in [0.1, 0.15) is 0 Å². The van der Waals surface area contributed by atoms with Crippen LogP contribution in [0.5, 0.6) is 0 Å². The summed E-state index contributed by atoms with van der Waals surface area (Å²) in [7, 11) is 0. The first-order valence-electron chi connectivity index (χ1n) is 9.64. The standard InChI is InChI=1S/C21H30N2O2/c1-16(2)20(25)23-13-9-17(10-14-23)19(24)22-15-21(11-6-12-21)18-7-4-3-5-8-18/h3-5,7-8,16-17H,6,9-15H2,1-2H3,(H,22,24). The third kappa shape index (κ3) is 3.88. The van der Waals surface area contributed by atoms with Crippen LogP contribution < -0.4 is 5.32 Å². The Morgan fingerprint density at radius 1 is 1.16 bits per heavy atom. The van der Waals surface area contributed by atoms with Crippen LogP contribution in [-0.2, 0) is 15.0 Å². The predicted octanol–water partition coefficient (Wildman–Crippen LogP) is 3.12. The van der Waals surface area contributed by atoms with Gasteiger partial charge in [0.2, 0.25) is 11.8 Å². The van der Waals surface area contributed by atoms with Gasteiger partial charge in [-0.05, 0) is 31.2 Å². The quantitative estimate of drug-likeness (QED) is 0.894. The lowest BCUT2D eigenvalue weighted by Gasteiger charge is -2.43. The first-order valence-corrected chi connectivity index (χ1v) is 9.64. The Morgan fingerprint density at radius 3 is 2.32 bits per heavy atom. The Labute approximate surface area is 151 Å². The van der Waals surface area contributed by atoms with Crippen LogP contribution in [0, 0.1) is 11.8 Å². The molecule has 136 valence electrons. The van der Waals surface area contributed by atoms with Crippen LogP contribution >= 0.6 is 0 Å². The molecule has 1 aromatic rings. The van der Waals surface area contributed by atoms with E-state index in [0.29, 0.717) is 13.1 Å². The molecule has 2 fully saturated rings. The van der Waals surface area contributed by atoms with Crippen LogP contribution in [0.15, 0.2) is 30.3 Å². The summed E-state index contributed by atoms with van der Waals surface area (Å²) in [6, 6.07) is 10.6. The van der Waals surface area contributed by atoms with Crippen molar-refractivity contribution in [3.8, 4) is 0 Å². The molecular weight excluding hydrogens is 312 g/mol. The second kappa shape index (κ2) is 7.59. The second-order valence-corrected chi connectivity index (χ2v) is 7.97. The largest absolute Gasteiger partial charge is 0.355 e. The first kappa shape index (κ1) is 18.0. The highest BCUT2D eigenvalue weighted by atomic mass is 16.2. The number of rotatable bonds is 5. The maximum atomic E-state index is 12.6.